The van der Waals surface area contributed by atoms with Crippen molar-refractivity contribution in [3.63, 3.8) is 0 Å². The molecule has 1 amide bonds. The number of ether oxygens (including phenoxy) is 1. The molecule has 3 aromatic carbocycles. The van der Waals surface area contributed by atoms with E-state index in [4.69, 9.17) is 16.3 Å². The summed E-state index contributed by atoms with van der Waals surface area (Å²) in [5, 5.41) is 6.66. The van der Waals surface area contributed by atoms with Crippen molar-refractivity contribution in [1.29, 1.82) is 0 Å². The molecular weight excluding hydrogens is 384 g/mol. The van der Waals surface area contributed by atoms with Crippen molar-refractivity contribution in [1.82, 2.24) is 0 Å². The second-order valence-electron chi connectivity index (χ2n) is 6.78. The van der Waals surface area contributed by atoms with Gasteiger partial charge in [-0.1, -0.05) is 48.0 Å². The van der Waals surface area contributed by atoms with Crippen molar-refractivity contribution < 1.29 is 9.53 Å². The summed E-state index contributed by atoms with van der Waals surface area (Å²) in [4.78, 5) is 12.2. The van der Waals surface area contributed by atoms with Gasteiger partial charge in [-0.05, 0) is 67.3 Å². The summed E-state index contributed by atoms with van der Waals surface area (Å²) in [5.41, 5.74) is 3.83. The Labute approximate surface area is 176 Å². The minimum Gasteiger partial charge on any atom is -0.494 e. The first-order valence-electron chi connectivity index (χ1n) is 9.67. The molecule has 150 valence electrons. The molecule has 0 aliphatic heterocycles. The topological polar surface area (TPSA) is 50.4 Å². The largest absolute Gasteiger partial charge is 0.494 e. The number of nitrogens with one attached hydrogen (secondary N) is 2. The average molecular weight is 409 g/mol. The van der Waals surface area contributed by atoms with E-state index < -0.39 is 0 Å². The van der Waals surface area contributed by atoms with Crippen LogP contribution < -0.4 is 15.4 Å². The summed E-state index contributed by atoms with van der Waals surface area (Å²) in [6.45, 7) is 2.74. The SMILES string of the molecule is Cc1c(Cl)cccc1NCC(=O)Nc1ccc(OCCCc2ccccc2)cc1. The van der Waals surface area contributed by atoms with Crippen LogP contribution in [0.25, 0.3) is 0 Å². The standard InChI is InChI=1S/C24H25ClN2O2/c1-18-22(25)10-5-11-23(18)26-17-24(28)27-20-12-14-21(15-13-20)29-16-6-9-19-7-3-2-4-8-19/h2-5,7-8,10-15,26H,6,9,16-17H2,1H3,(H,27,28). The van der Waals surface area contributed by atoms with Gasteiger partial charge in [0.05, 0.1) is 13.2 Å². The maximum absolute atomic E-state index is 12.2. The van der Waals surface area contributed by atoms with E-state index in [9.17, 15) is 4.79 Å². The van der Waals surface area contributed by atoms with E-state index in [0.29, 0.717) is 11.6 Å². The lowest BCUT2D eigenvalue weighted by atomic mass is 10.1. The molecule has 29 heavy (non-hydrogen) atoms. The number of aryl methyl sites for hydroxylation is 1. The third-order valence-electron chi connectivity index (χ3n) is 4.57. The minimum atomic E-state index is -0.124. The molecule has 0 bridgehead atoms. The first-order chi connectivity index (χ1) is 14.1. The molecule has 0 radical (unpaired) electrons. The van der Waals surface area contributed by atoms with Gasteiger partial charge in [0.15, 0.2) is 0 Å². The van der Waals surface area contributed by atoms with Crippen LogP contribution in [-0.2, 0) is 11.2 Å². The molecule has 2 N–H and O–H groups in total. The Balaban J connectivity index is 1.40. The predicted octanol–water partition coefficient (Wildman–Crippen LogP) is 5.71. The molecule has 0 saturated carbocycles. The van der Waals surface area contributed by atoms with Crippen LogP contribution in [0.3, 0.4) is 0 Å². The predicted molar refractivity (Wildman–Crippen MR) is 120 cm³/mol. The van der Waals surface area contributed by atoms with Gasteiger partial charge in [0.25, 0.3) is 0 Å². The summed E-state index contributed by atoms with van der Waals surface area (Å²) in [6, 6.07) is 23.4. The van der Waals surface area contributed by atoms with E-state index in [-0.39, 0.29) is 12.5 Å². The molecule has 0 heterocycles. The van der Waals surface area contributed by atoms with E-state index >= 15 is 0 Å². The van der Waals surface area contributed by atoms with E-state index in [0.717, 1.165) is 35.5 Å². The van der Waals surface area contributed by atoms with Gasteiger partial charge in [-0.2, -0.15) is 0 Å². The average Bonchev–Trinajstić information content (AvgIpc) is 2.74. The molecule has 0 aliphatic carbocycles. The highest BCUT2D eigenvalue weighted by Crippen LogP contribution is 2.22. The summed E-state index contributed by atoms with van der Waals surface area (Å²) in [5.74, 6) is 0.671. The number of hydrogen-bond donors (Lipinski definition) is 2. The lowest BCUT2D eigenvalue weighted by Crippen LogP contribution is -2.22. The van der Waals surface area contributed by atoms with E-state index in [1.54, 1.807) is 0 Å². The molecule has 0 spiro atoms. The molecule has 0 aliphatic rings. The number of halogens is 1. The smallest absolute Gasteiger partial charge is 0.243 e. The summed E-state index contributed by atoms with van der Waals surface area (Å²) < 4.78 is 5.78. The van der Waals surface area contributed by atoms with Gasteiger partial charge in [-0.15, -0.1) is 0 Å². The van der Waals surface area contributed by atoms with Gasteiger partial charge in [-0.3, -0.25) is 4.79 Å². The van der Waals surface area contributed by atoms with E-state index in [2.05, 4.69) is 34.9 Å². The zero-order valence-corrected chi connectivity index (χ0v) is 17.2. The number of amides is 1. The number of rotatable bonds is 9. The van der Waals surface area contributed by atoms with Gasteiger partial charge < -0.3 is 15.4 Å². The van der Waals surface area contributed by atoms with Crippen molar-refractivity contribution in [3.8, 4) is 5.75 Å². The number of carbonyl (C=O) groups is 1. The van der Waals surface area contributed by atoms with Crippen LogP contribution in [0.1, 0.15) is 17.5 Å². The van der Waals surface area contributed by atoms with Crippen molar-refractivity contribution in [3.05, 3.63) is 88.9 Å². The number of hydrogen-bond acceptors (Lipinski definition) is 3. The Morgan fingerprint density at radius 3 is 2.48 bits per heavy atom. The highest BCUT2D eigenvalue weighted by atomic mass is 35.5. The molecular formula is C24H25ClN2O2. The lowest BCUT2D eigenvalue weighted by Gasteiger charge is -2.11. The van der Waals surface area contributed by atoms with Gasteiger partial charge in [0, 0.05) is 16.4 Å². The van der Waals surface area contributed by atoms with Crippen LogP contribution >= 0.6 is 11.6 Å². The second-order valence-corrected chi connectivity index (χ2v) is 7.18. The van der Waals surface area contributed by atoms with Crippen molar-refractivity contribution in [2.24, 2.45) is 0 Å². The Morgan fingerprint density at radius 1 is 0.966 bits per heavy atom. The van der Waals surface area contributed by atoms with Crippen molar-refractivity contribution >= 4 is 28.9 Å². The highest BCUT2D eigenvalue weighted by molar-refractivity contribution is 6.31. The van der Waals surface area contributed by atoms with Crippen LogP contribution in [0.4, 0.5) is 11.4 Å². The maximum Gasteiger partial charge on any atom is 0.243 e. The molecule has 0 atom stereocenters. The summed E-state index contributed by atoms with van der Waals surface area (Å²) in [6.07, 6.45) is 1.95. The van der Waals surface area contributed by atoms with Gasteiger partial charge in [0.2, 0.25) is 5.91 Å². The van der Waals surface area contributed by atoms with Gasteiger partial charge in [0.1, 0.15) is 5.75 Å². The zero-order chi connectivity index (χ0) is 20.5. The lowest BCUT2D eigenvalue weighted by molar-refractivity contribution is -0.114. The fourth-order valence-corrected chi connectivity index (χ4v) is 3.10. The Hall–Kier alpha value is -2.98. The monoisotopic (exact) mass is 408 g/mol. The molecule has 3 rings (SSSR count). The Kier molecular flexibility index (Phi) is 7.54. The van der Waals surface area contributed by atoms with Crippen LogP contribution in [-0.4, -0.2) is 19.1 Å². The number of anilines is 2. The third kappa shape index (κ3) is 6.54. The second kappa shape index (κ2) is 10.5. The third-order valence-corrected chi connectivity index (χ3v) is 4.98. The quantitative estimate of drug-likeness (QED) is 0.446. The molecule has 5 heteroatoms. The summed E-state index contributed by atoms with van der Waals surface area (Å²) >= 11 is 6.10. The normalized spacial score (nSPS) is 10.4. The molecule has 3 aromatic rings. The number of carbonyl (C=O) groups excluding carboxylic acids is 1. The van der Waals surface area contributed by atoms with Crippen molar-refractivity contribution in [2.75, 3.05) is 23.8 Å². The van der Waals surface area contributed by atoms with Crippen LogP contribution in [0, 0.1) is 6.92 Å². The van der Waals surface area contributed by atoms with Gasteiger partial charge in [-0.25, -0.2) is 0 Å². The number of benzene rings is 3. The molecule has 0 aromatic heterocycles. The fraction of sp³-hybridized carbons (Fsp3) is 0.208. The maximum atomic E-state index is 12.2. The highest BCUT2D eigenvalue weighted by Gasteiger charge is 2.06. The minimum absolute atomic E-state index is 0.124. The Bertz CT molecular complexity index is 927. The molecule has 0 unspecified atom stereocenters. The van der Waals surface area contributed by atoms with Crippen LogP contribution in [0.2, 0.25) is 5.02 Å². The van der Waals surface area contributed by atoms with Crippen LogP contribution in [0.15, 0.2) is 72.8 Å². The summed E-state index contributed by atoms with van der Waals surface area (Å²) in [7, 11) is 0. The first kappa shape index (κ1) is 20.7. The van der Waals surface area contributed by atoms with E-state index in [1.165, 1.54) is 5.56 Å². The fourth-order valence-electron chi connectivity index (χ4n) is 2.93. The Morgan fingerprint density at radius 2 is 1.72 bits per heavy atom. The zero-order valence-electron chi connectivity index (χ0n) is 16.5. The first-order valence-corrected chi connectivity index (χ1v) is 10.1. The molecule has 0 fully saturated rings. The van der Waals surface area contributed by atoms with Crippen LogP contribution in [0.5, 0.6) is 5.75 Å². The molecule has 4 nitrogen and oxygen atoms in total. The van der Waals surface area contributed by atoms with E-state index in [1.807, 2.05) is 55.5 Å². The van der Waals surface area contributed by atoms with Gasteiger partial charge >= 0.3 is 0 Å². The van der Waals surface area contributed by atoms with Crippen molar-refractivity contribution in [2.45, 2.75) is 19.8 Å². The molecule has 0 saturated heterocycles.